The number of carbonyl (C=O) groups is 2. The number of halogens is 5. The number of amides is 1. The fourth-order valence-corrected chi connectivity index (χ4v) is 4.03. The SMILES string of the molecule is COc1ccc(CCC(=O)CNC(=O)Cc2nc(C(F)(F)F)c(Cc3ccc(Cl)c(Cl)c3)c(=O)[nH]2)c(OC)c1. The summed E-state index contributed by atoms with van der Waals surface area (Å²) in [4.78, 5) is 42.9. The summed E-state index contributed by atoms with van der Waals surface area (Å²) in [7, 11) is 3.00. The van der Waals surface area contributed by atoms with E-state index in [1.807, 2.05) is 0 Å². The highest BCUT2D eigenvalue weighted by Gasteiger charge is 2.37. The zero-order valence-corrected chi connectivity index (χ0v) is 22.4. The first-order valence-electron chi connectivity index (χ1n) is 11.5. The largest absolute Gasteiger partial charge is 0.497 e. The summed E-state index contributed by atoms with van der Waals surface area (Å²) < 4.78 is 51.7. The van der Waals surface area contributed by atoms with Crippen molar-refractivity contribution in [1.29, 1.82) is 0 Å². The van der Waals surface area contributed by atoms with Gasteiger partial charge in [-0.05, 0) is 35.7 Å². The molecule has 1 amide bonds. The smallest absolute Gasteiger partial charge is 0.433 e. The molecule has 0 bridgehead atoms. The van der Waals surface area contributed by atoms with E-state index in [1.54, 1.807) is 18.2 Å². The van der Waals surface area contributed by atoms with Gasteiger partial charge in [-0.2, -0.15) is 13.2 Å². The van der Waals surface area contributed by atoms with Gasteiger partial charge in [0.2, 0.25) is 5.91 Å². The second-order valence-corrected chi connectivity index (χ2v) is 9.25. The molecular formula is C26H24Cl2F3N3O5. The van der Waals surface area contributed by atoms with Gasteiger partial charge in [0.05, 0.1) is 42.8 Å². The normalized spacial score (nSPS) is 11.3. The van der Waals surface area contributed by atoms with Crippen molar-refractivity contribution in [2.75, 3.05) is 20.8 Å². The van der Waals surface area contributed by atoms with E-state index in [9.17, 15) is 27.6 Å². The van der Waals surface area contributed by atoms with E-state index >= 15 is 0 Å². The molecule has 2 aromatic carbocycles. The Labute approximate surface area is 231 Å². The number of ketones is 1. The molecule has 0 fully saturated rings. The molecule has 0 unspecified atom stereocenters. The predicted octanol–water partition coefficient (Wildman–Crippen LogP) is 4.56. The van der Waals surface area contributed by atoms with Crippen LogP contribution < -0.4 is 20.3 Å². The lowest BCUT2D eigenvalue weighted by molar-refractivity contribution is -0.142. The predicted molar refractivity (Wildman–Crippen MR) is 139 cm³/mol. The summed E-state index contributed by atoms with van der Waals surface area (Å²) in [5.74, 6) is -0.436. The molecule has 0 saturated heterocycles. The lowest BCUT2D eigenvalue weighted by Crippen LogP contribution is -2.33. The van der Waals surface area contributed by atoms with Gasteiger partial charge in [0, 0.05) is 18.9 Å². The summed E-state index contributed by atoms with van der Waals surface area (Å²) in [5, 5.41) is 2.68. The molecule has 0 aliphatic carbocycles. The third-order valence-corrected chi connectivity index (χ3v) is 6.42. The van der Waals surface area contributed by atoms with Crippen molar-refractivity contribution in [3.63, 3.8) is 0 Å². The Kier molecular flexibility index (Phi) is 9.98. The molecule has 0 aliphatic heterocycles. The molecule has 2 N–H and O–H groups in total. The number of aromatic nitrogens is 2. The Morgan fingerprint density at radius 3 is 2.44 bits per heavy atom. The number of methoxy groups -OCH3 is 2. The van der Waals surface area contributed by atoms with Crippen LogP contribution >= 0.6 is 23.2 Å². The maximum absolute atomic E-state index is 13.7. The first kappa shape index (κ1) is 30.0. The molecule has 39 heavy (non-hydrogen) atoms. The molecule has 3 rings (SSSR count). The molecule has 1 heterocycles. The number of ether oxygens (including phenoxy) is 2. The van der Waals surface area contributed by atoms with Crippen LogP contribution in [0.3, 0.4) is 0 Å². The fourth-order valence-electron chi connectivity index (χ4n) is 3.71. The van der Waals surface area contributed by atoms with E-state index in [-0.39, 0.29) is 28.8 Å². The molecular weight excluding hydrogens is 562 g/mol. The van der Waals surface area contributed by atoms with E-state index in [0.29, 0.717) is 23.5 Å². The zero-order valence-electron chi connectivity index (χ0n) is 20.9. The number of H-pyrrole nitrogens is 1. The van der Waals surface area contributed by atoms with Crippen LogP contribution in [0.1, 0.15) is 34.6 Å². The number of alkyl halides is 3. The molecule has 0 radical (unpaired) electrons. The monoisotopic (exact) mass is 585 g/mol. The van der Waals surface area contributed by atoms with Crippen molar-refractivity contribution in [2.24, 2.45) is 0 Å². The van der Waals surface area contributed by atoms with Gasteiger partial charge in [-0.15, -0.1) is 0 Å². The summed E-state index contributed by atoms with van der Waals surface area (Å²) in [6, 6.07) is 9.36. The number of nitrogens with zero attached hydrogens (tertiary/aromatic N) is 1. The number of benzene rings is 2. The Hall–Kier alpha value is -3.57. The number of hydrogen-bond acceptors (Lipinski definition) is 6. The van der Waals surface area contributed by atoms with E-state index in [2.05, 4.69) is 15.3 Å². The average Bonchev–Trinajstić information content (AvgIpc) is 2.88. The highest BCUT2D eigenvalue weighted by Crippen LogP contribution is 2.31. The van der Waals surface area contributed by atoms with Crippen molar-refractivity contribution in [1.82, 2.24) is 15.3 Å². The van der Waals surface area contributed by atoms with Crippen molar-refractivity contribution >= 4 is 34.9 Å². The number of rotatable bonds is 11. The third kappa shape index (κ3) is 8.21. The van der Waals surface area contributed by atoms with Gasteiger partial charge in [0.15, 0.2) is 11.5 Å². The van der Waals surface area contributed by atoms with E-state index in [1.165, 1.54) is 32.4 Å². The fraction of sp³-hybridized carbons (Fsp3) is 0.308. The Balaban J connectivity index is 1.64. The maximum atomic E-state index is 13.7. The van der Waals surface area contributed by atoms with Crippen molar-refractivity contribution < 1.29 is 32.2 Å². The molecule has 1 aromatic heterocycles. The van der Waals surface area contributed by atoms with Crippen molar-refractivity contribution in [3.05, 3.63) is 85.0 Å². The van der Waals surface area contributed by atoms with Crippen LogP contribution in [0.2, 0.25) is 10.0 Å². The lowest BCUT2D eigenvalue weighted by atomic mass is 10.0. The molecule has 208 valence electrons. The van der Waals surface area contributed by atoms with Crippen LogP contribution in [-0.4, -0.2) is 42.4 Å². The maximum Gasteiger partial charge on any atom is 0.433 e. The average molecular weight is 586 g/mol. The Morgan fingerprint density at radius 1 is 1.05 bits per heavy atom. The van der Waals surface area contributed by atoms with Gasteiger partial charge in [-0.3, -0.25) is 14.4 Å². The summed E-state index contributed by atoms with van der Waals surface area (Å²) >= 11 is 11.8. The molecule has 0 saturated carbocycles. The first-order chi connectivity index (χ1) is 18.4. The van der Waals surface area contributed by atoms with Gasteiger partial charge in [0.1, 0.15) is 17.3 Å². The molecule has 3 aromatic rings. The minimum Gasteiger partial charge on any atom is -0.497 e. The van der Waals surface area contributed by atoms with Crippen LogP contribution in [0, 0.1) is 0 Å². The molecule has 8 nitrogen and oxygen atoms in total. The topological polar surface area (TPSA) is 110 Å². The van der Waals surface area contributed by atoms with Crippen LogP contribution in [0.25, 0.3) is 0 Å². The first-order valence-corrected chi connectivity index (χ1v) is 12.3. The molecule has 0 spiro atoms. The minimum absolute atomic E-state index is 0.0830. The van der Waals surface area contributed by atoms with E-state index in [4.69, 9.17) is 32.7 Å². The summed E-state index contributed by atoms with van der Waals surface area (Å²) in [6.45, 7) is -0.344. The summed E-state index contributed by atoms with van der Waals surface area (Å²) in [5.41, 5.74) is -2.01. The number of hydrogen-bond donors (Lipinski definition) is 2. The molecule has 13 heteroatoms. The number of nitrogens with one attached hydrogen (secondary N) is 2. The second kappa shape index (κ2) is 13.0. The summed E-state index contributed by atoms with van der Waals surface area (Å²) in [6.07, 6.45) is -5.60. The van der Waals surface area contributed by atoms with Gasteiger partial charge in [-0.25, -0.2) is 4.98 Å². The Bertz CT molecular complexity index is 1430. The van der Waals surface area contributed by atoms with Gasteiger partial charge >= 0.3 is 6.18 Å². The highest BCUT2D eigenvalue weighted by molar-refractivity contribution is 6.42. The number of aryl methyl sites for hydroxylation is 1. The van der Waals surface area contributed by atoms with E-state index in [0.717, 1.165) is 5.56 Å². The van der Waals surface area contributed by atoms with Crippen LogP contribution in [0.5, 0.6) is 11.5 Å². The Morgan fingerprint density at radius 2 is 1.79 bits per heavy atom. The quantitative estimate of drug-likeness (QED) is 0.341. The number of carbonyl (C=O) groups excluding carboxylic acids is 2. The van der Waals surface area contributed by atoms with Gasteiger partial charge in [0.25, 0.3) is 5.56 Å². The number of Topliss-reactive ketones (excluding diaryl/α,β-unsaturated/α-hetero) is 1. The lowest BCUT2D eigenvalue weighted by Gasteiger charge is -2.13. The highest BCUT2D eigenvalue weighted by atomic mass is 35.5. The van der Waals surface area contributed by atoms with Crippen LogP contribution in [-0.2, 0) is 35.0 Å². The van der Waals surface area contributed by atoms with Gasteiger partial charge < -0.3 is 19.8 Å². The van der Waals surface area contributed by atoms with Crippen LogP contribution in [0.15, 0.2) is 41.2 Å². The van der Waals surface area contributed by atoms with Crippen molar-refractivity contribution in [3.8, 4) is 11.5 Å². The standard InChI is InChI=1S/C26H24Cl2F3N3O5/c1-38-17-7-5-15(21(11-17)39-2)4-6-16(35)13-32-23(36)12-22-33-24(26(29,30)31)18(25(37)34-22)9-14-3-8-19(27)20(28)10-14/h3,5,7-8,10-11H,4,6,9,12-13H2,1-2H3,(H,32,36)(H,33,34,37). The van der Waals surface area contributed by atoms with Crippen molar-refractivity contribution in [2.45, 2.75) is 31.9 Å². The second-order valence-electron chi connectivity index (χ2n) is 8.43. The van der Waals surface area contributed by atoms with Gasteiger partial charge in [-0.1, -0.05) is 35.3 Å². The minimum atomic E-state index is -4.95. The molecule has 0 atom stereocenters. The number of aromatic amines is 1. The third-order valence-electron chi connectivity index (χ3n) is 5.68. The zero-order chi connectivity index (χ0) is 28.7. The van der Waals surface area contributed by atoms with Crippen LogP contribution in [0.4, 0.5) is 13.2 Å². The molecule has 0 aliphatic rings. The van der Waals surface area contributed by atoms with E-state index < -0.39 is 47.6 Å².